The predicted octanol–water partition coefficient (Wildman–Crippen LogP) is 5.79. The Morgan fingerprint density at radius 3 is 2.54 bits per heavy atom. The number of nitrogens with zero attached hydrogens (tertiary/aromatic N) is 5. The highest BCUT2D eigenvalue weighted by Gasteiger charge is 2.16. The van der Waals surface area contributed by atoms with Crippen molar-refractivity contribution in [1.29, 1.82) is 0 Å². The molecule has 8 nitrogen and oxygen atoms in total. The normalized spacial score (nSPS) is 11.0. The van der Waals surface area contributed by atoms with E-state index in [-0.39, 0.29) is 12.4 Å². The van der Waals surface area contributed by atoms with E-state index in [9.17, 15) is 0 Å². The van der Waals surface area contributed by atoms with Crippen molar-refractivity contribution in [2.45, 2.75) is 20.0 Å². The van der Waals surface area contributed by atoms with Crippen LogP contribution in [0.5, 0.6) is 5.75 Å². The molecule has 0 bridgehead atoms. The highest BCUT2D eigenvalue weighted by Crippen LogP contribution is 2.32. The highest BCUT2D eigenvalue weighted by molar-refractivity contribution is 5.86. The zero-order chi connectivity index (χ0) is 22.9. The van der Waals surface area contributed by atoms with Gasteiger partial charge in [-0.25, -0.2) is 10.1 Å². The van der Waals surface area contributed by atoms with Crippen LogP contribution in [0.15, 0.2) is 77.2 Å². The second kappa shape index (κ2) is 9.52. The van der Waals surface area contributed by atoms with Gasteiger partial charge >= 0.3 is 0 Å². The maximum Gasteiger partial charge on any atom is 0.228 e. The number of para-hydroxylation sites is 1. The third-order valence-electron chi connectivity index (χ3n) is 5.70. The zero-order valence-electron chi connectivity index (χ0n) is 18.8. The molecule has 0 aliphatic heterocycles. The standard InChI is InChI=1S/C26H20N6O2.ClH/c1-2-17-14-24(20-9-5-6-10-21(20)27-17)33-15-16-11-12-23-22(13-16)28-26(34-23)19-8-4-3-7-18(19)25-29-31-32-30-25;/h3-14H,2,15H2,1H3,(H,29,30,31,32);1H. The highest BCUT2D eigenvalue weighted by atomic mass is 35.5. The molecule has 35 heavy (non-hydrogen) atoms. The summed E-state index contributed by atoms with van der Waals surface area (Å²) in [6.45, 7) is 2.50. The van der Waals surface area contributed by atoms with Crippen LogP contribution in [0.3, 0.4) is 0 Å². The molecule has 0 fully saturated rings. The number of hydrogen-bond donors (Lipinski definition) is 1. The van der Waals surface area contributed by atoms with Crippen LogP contribution in [0, 0.1) is 0 Å². The maximum atomic E-state index is 6.23. The predicted molar refractivity (Wildman–Crippen MR) is 135 cm³/mol. The van der Waals surface area contributed by atoms with E-state index in [2.05, 4.69) is 27.5 Å². The lowest BCUT2D eigenvalue weighted by Crippen LogP contribution is -1.98. The summed E-state index contributed by atoms with van der Waals surface area (Å²) in [6, 6.07) is 23.7. The molecule has 0 spiro atoms. The van der Waals surface area contributed by atoms with Gasteiger partial charge in [0, 0.05) is 28.3 Å². The molecule has 0 saturated carbocycles. The number of hydrogen-bond acceptors (Lipinski definition) is 7. The molecule has 3 aromatic carbocycles. The van der Waals surface area contributed by atoms with E-state index in [1.165, 1.54) is 0 Å². The molecule has 3 heterocycles. The maximum absolute atomic E-state index is 6.23. The van der Waals surface area contributed by atoms with E-state index < -0.39 is 0 Å². The molecule has 0 radical (unpaired) electrons. The second-order valence-electron chi connectivity index (χ2n) is 7.89. The van der Waals surface area contributed by atoms with Gasteiger partial charge in [0.15, 0.2) is 11.4 Å². The van der Waals surface area contributed by atoms with E-state index in [1.807, 2.05) is 72.8 Å². The van der Waals surface area contributed by atoms with Crippen LogP contribution < -0.4 is 4.74 Å². The van der Waals surface area contributed by atoms with Gasteiger partial charge < -0.3 is 9.15 Å². The van der Waals surface area contributed by atoms with Crippen molar-refractivity contribution >= 4 is 34.4 Å². The van der Waals surface area contributed by atoms with E-state index in [0.717, 1.165) is 51.0 Å². The quantitative estimate of drug-likeness (QED) is 0.319. The molecular formula is C26H21ClN6O2. The number of aryl methyl sites for hydroxylation is 1. The minimum absolute atomic E-state index is 0. The number of oxazole rings is 1. The van der Waals surface area contributed by atoms with Crippen LogP contribution in [0.2, 0.25) is 0 Å². The molecule has 0 atom stereocenters. The van der Waals surface area contributed by atoms with Crippen LogP contribution in [0.25, 0.3) is 44.8 Å². The molecule has 6 aromatic rings. The van der Waals surface area contributed by atoms with Crippen molar-refractivity contribution < 1.29 is 9.15 Å². The van der Waals surface area contributed by atoms with Gasteiger partial charge in [0.1, 0.15) is 17.9 Å². The summed E-state index contributed by atoms with van der Waals surface area (Å²) in [5.74, 6) is 1.90. The van der Waals surface area contributed by atoms with Crippen LogP contribution in [-0.2, 0) is 13.0 Å². The van der Waals surface area contributed by atoms with E-state index in [4.69, 9.17) is 19.1 Å². The summed E-state index contributed by atoms with van der Waals surface area (Å²) in [4.78, 5) is 9.42. The fourth-order valence-electron chi connectivity index (χ4n) is 3.98. The average Bonchev–Trinajstić information content (AvgIpc) is 3.57. The molecule has 0 aliphatic carbocycles. The van der Waals surface area contributed by atoms with Crippen LogP contribution in [0.1, 0.15) is 18.2 Å². The number of aromatic nitrogens is 6. The van der Waals surface area contributed by atoms with E-state index in [1.54, 1.807) is 0 Å². The number of ether oxygens (including phenoxy) is 1. The first-order chi connectivity index (χ1) is 16.8. The number of tetrazole rings is 1. The van der Waals surface area contributed by atoms with E-state index in [0.29, 0.717) is 23.9 Å². The molecule has 6 rings (SSSR count). The minimum atomic E-state index is 0. The Bertz CT molecular complexity index is 1610. The molecule has 0 amide bonds. The first-order valence-corrected chi connectivity index (χ1v) is 11.0. The molecule has 3 aromatic heterocycles. The number of aromatic amines is 1. The van der Waals surface area contributed by atoms with Gasteiger partial charge in [-0.3, -0.25) is 4.98 Å². The Morgan fingerprint density at radius 2 is 1.71 bits per heavy atom. The number of pyridine rings is 1. The number of nitrogens with one attached hydrogen (secondary N) is 1. The average molecular weight is 485 g/mol. The van der Waals surface area contributed by atoms with Gasteiger partial charge in [0.2, 0.25) is 5.89 Å². The Morgan fingerprint density at radius 1 is 0.886 bits per heavy atom. The van der Waals surface area contributed by atoms with Crippen molar-refractivity contribution in [1.82, 2.24) is 30.6 Å². The second-order valence-corrected chi connectivity index (χ2v) is 7.89. The number of H-pyrrole nitrogens is 1. The lowest BCUT2D eigenvalue weighted by molar-refractivity contribution is 0.309. The van der Waals surface area contributed by atoms with Crippen molar-refractivity contribution in [2.24, 2.45) is 0 Å². The van der Waals surface area contributed by atoms with Crippen molar-refractivity contribution in [3.63, 3.8) is 0 Å². The largest absolute Gasteiger partial charge is 0.488 e. The first-order valence-electron chi connectivity index (χ1n) is 11.0. The minimum Gasteiger partial charge on any atom is -0.488 e. The topological polar surface area (TPSA) is 103 Å². The van der Waals surface area contributed by atoms with Gasteiger partial charge in [-0.1, -0.05) is 43.3 Å². The Balaban J connectivity index is 0.00000253. The Labute approximate surface area is 206 Å². The van der Waals surface area contributed by atoms with E-state index >= 15 is 0 Å². The van der Waals surface area contributed by atoms with Crippen LogP contribution in [-0.4, -0.2) is 30.6 Å². The van der Waals surface area contributed by atoms with Gasteiger partial charge in [-0.15, -0.1) is 17.5 Å². The molecular weight excluding hydrogens is 464 g/mol. The molecule has 0 aliphatic rings. The summed E-state index contributed by atoms with van der Waals surface area (Å²) >= 11 is 0. The number of halogens is 1. The first kappa shape index (κ1) is 22.5. The monoisotopic (exact) mass is 484 g/mol. The van der Waals surface area contributed by atoms with Crippen LogP contribution in [0.4, 0.5) is 0 Å². The third-order valence-corrected chi connectivity index (χ3v) is 5.70. The molecule has 0 saturated heterocycles. The smallest absolute Gasteiger partial charge is 0.228 e. The lowest BCUT2D eigenvalue weighted by Gasteiger charge is -2.11. The van der Waals surface area contributed by atoms with Crippen LogP contribution >= 0.6 is 12.4 Å². The molecule has 174 valence electrons. The SMILES string of the molecule is CCc1cc(OCc2ccc3oc(-c4ccccc4-c4nnn[nH]4)nc3c2)c2ccccc2n1.Cl. The fourth-order valence-corrected chi connectivity index (χ4v) is 3.98. The summed E-state index contributed by atoms with van der Waals surface area (Å²) < 4.78 is 12.3. The third kappa shape index (κ3) is 4.31. The number of rotatable bonds is 6. The molecule has 9 heteroatoms. The van der Waals surface area contributed by atoms with Gasteiger partial charge in [-0.05, 0) is 52.7 Å². The fraction of sp³-hybridized carbons (Fsp3) is 0.115. The molecule has 0 unspecified atom stereocenters. The number of benzene rings is 3. The summed E-state index contributed by atoms with van der Waals surface area (Å²) in [5.41, 5.74) is 6.03. The van der Waals surface area contributed by atoms with Crippen molar-refractivity contribution in [3.8, 4) is 28.6 Å². The molecule has 1 N–H and O–H groups in total. The Hall–Kier alpha value is -4.30. The summed E-state index contributed by atoms with van der Waals surface area (Å²) in [7, 11) is 0. The van der Waals surface area contributed by atoms with Gasteiger partial charge in [-0.2, -0.15) is 0 Å². The number of fused-ring (bicyclic) bond motifs is 2. The van der Waals surface area contributed by atoms with Gasteiger partial charge in [0.25, 0.3) is 0 Å². The summed E-state index contributed by atoms with van der Waals surface area (Å²) in [5, 5.41) is 15.2. The lowest BCUT2D eigenvalue weighted by atomic mass is 10.1. The summed E-state index contributed by atoms with van der Waals surface area (Å²) in [6.07, 6.45) is 0.848. The van der Waals surface area contributed by atoms with Gasteiger partial charge in [0.05, 0.1) is 5.52 Å². The van der Waals surface area contributed by atoms with Crippen molar-refractivity contribution in [3.05, 3.63) is 84.1 Å². The zero-order valence-corrected chi connectivity index (χ0v) is 19.6. The Kier molecular flexibility index (Phi) is 6.12. The van der Waals surface area contributed by atoms with Crippen molar-refractivity contribution in [2.75, 3.05) is 0 Å².